The predicted octanol–water partition coefficient (Wildman–Crippen LogP) is 1.91. The van der Waals surface area contributed by atoms with Crippen LogP contribution in [0, 0.1) is 5.41 Å². The molecule has 0 saturated carbocycles. The molecule has 0 aliphatic heterocycles. The summed E-state index contributed by atoms with van der Waals surface area (Å²) in [7, 11) is 0. The number of hydrogen-bond donors (Lipinski definition) is 1. The van der Waals surface area contributed by atoms with E-state index in [1.54, 1.807) is 0 Å². The number of pyridine rings is 1. The van der Waals surface area contributed by atoms with E-state index in [0.717, 1.165) is 6.20 Å². The van der Waals surface area contributed by atoms with Crippen LogP contribution in [0.2, 0.25) is 0 Å². The average Bonchev–Trinajstić information content (AvgIpc) is 2.15. The molecule has 6 heteroatoms. The van der Waals surface area contributed by atoms with E-state index in [0.29, 0.717) is 12.3 Å². The summed E-state index contributed by atoms with van der Waals surface area (Å²) in [4.78, 5) is 13.9. The van der Waals surface area contributed by atoms with Crippen LogP contribution in [0.3, 0.4) is 0 Å². The summed E-state index contributed by atoms with van der Waals surface area (Å²) >= 11 is 0. The van der Waals surface area contributed by atoms with E-state index in [4.69, 9.17) is 5.41 Å². The van der Waals surface area contributed by atoms with Gasteiger partial charge in [-0.05, 0) is 6.07 Å². The Morgan fingerprint density at radius 1 is 1.43 bits per heavy atom. The van der Waals surface area contributed by atoms with Crippen LogP contribution in [0.1, 0.15) is 21.6 Å². The average molecular weight is 202 g/mol. The lowest BCUT2D eigenvalue weighted by molar-refractivity contribution is -0.137. The molecular formula is C8H5F3N2O. The van der Waals surface area contributed by atoms with E-state index in [2.05, 4.69) is 4.98 Å². The quantitative estimate of drug-likeness (QED) is 0.588. The second-order valence-electron chi connectivity index (χ2n) is 2.42. The molecule has 1 heterocycles. The molecular weight excluding hydrogens is 197 g/mol. The largest absolute Gasteiger partial charge is 0.417 e. The van der Waals surface area contributed by atoms with Gasteiger partial charge in [0, 0.05) is 12.4 Å². The zero-order chi connectivity index (χ0) is 10.8. The van der Waals surface area contributed by atoms with Crippen molar-refractivity contribution in [2.45, 2.75) is 6.18 Å². The van der Waals surface area contributed by atoms with E-state index >= 15 is 0 Å². The zero-order valence-electron chi connectivity index (χ0n) is 6.80. The Bertz CT molecular complexity index is 373. The highest BCUT2D eigenvalue weighted by Crippen LogP contribution is 2.31. The summed E-state index contributed by atoms with van der Waals surface area (Å²) in [6.07, 6.45) is -3.03. The Morgan fingerprint density at radius 3 is 2.50 bits per heavy atom. The minimum Gasteiger partial charge on any atom is -0.306 e. The molecule has 0 amide bonds. The van der Waals surface area contributed by atoms with Gasteiger partial charge in [0.2, 0.25) is 0 Å². The van der Waals surface area contributed by atoms with Gasteiger partial charge in [-0.25, -0.2) is 0 Å². The summed E-state index contributed by atoms with van der Waals surface area (Å²) in [5.74, 6) is 0. The third-order valence-corrected chi connectivity index (χ3v) is 1.58. The number of carbonyl (C=O) groups is 1. The number of nitrogens with one attached hydrogen (secondary N) is 1. The molecule has 1 aromatic rings. The molecule has 1 rings (SSSR count). The van der Waals surface area contributed by atoms with Crippen LogP contribution in [-0.4, -0.2) is 17.5 Å². The fourth-order valence-corrected chi connectivity index (χ4v) is 0.975. The lowest BCUT2D eigenvalue weighted by Gasteiger charge is -2.09. The Morgan fingerprint density at radius 2 is 2.07 bits per heavy atom. The topological polar surface area (TPSA) is 53.8 Å². The van der Waals surface area contributed by atoms with Gasteiger partial charge in [0.15, 0.2) is 6.29 Å². The minimum atomic E-state index is -4.60. The van der Waals surface area contributed by atoms with E-state index in [-0.39, 0.29) is 12.0 Å². The number of hydrogen-bond acceptors (Lipinski definition) is 3. The smallest absolute Gasteiger partial charge is 0.306 e. The van der Waals surface area contributed by atoms with Gasteiger partial charge in [0.05, 0.1) is 16.8 Å². The van der Waals surface area contributed by atoms with Crippen LogP contribution in [0.4, 0.5) is 13.2 Å². The molecule has 0 radical (unpaired) electrons. The number of rotatable bonds is 2. The van der Waals surface area contributed by atoms with Crippen LogP contribution in [-0.2, 0) is 6.18 Å². The summed E-state index contributed by atoms with van der Waals surface area (Å²) < 4.78 is 36.9. The number of carbonyl (C=O) groups excluding carboxylic acids is 1. The van der Waals surface area contributed by atoms with Crippen molar-refractivity contribution >= 4 is 12.5 Å². The monoisotopic (exact) mass is 202 g/mol. The van der Waals surface area contributed by atoms with Crippen molar-refractivity contribution in [3.8, 4) is 0 Å². The molecule has 74 valence electrons. The van der Waals surface area contributed by atoms with Gasteiger partial charge < -0.3 is 5.41 Å². The first-order chi connectivity index (χ1) is 6.50. The third-order valence-electron chi connectivity index (χ3n) is 1.58. The maximum absolute atomic E-state index is 12.3. The first kappa shape index (κ1) is 10.4. The normalized spacial score (nSPS) is 11.1. The van der Waals surface area contributed by atoms with E-state index in [9.17, 15) is 18.0 Å². The van der Waals surface area contributed by atoms with Crippen LogP contribution < -0.4 is 0 Å². The molecule has 0 spiro atoms. The van der Waals surface area contributed by atoms with Crippen LogP contribution in [0.25, 0.3) is 0 Å². The number of aldehydes is 1. The predicted molar refractivity (Wildman–Crippen MR) is 42.5 cm³/mol. The summed E-state index contributed by atoms with van der Waals surface area (Å²) in [5.41, 5.74) is -1.95. The highest BCUT2D eigenvalue weighted by atomic mass is 19.4. The van der Waals surface area contributed by atoms with Gasteiger partial charge in [-0.2, -0.15) is 13.2 Å². The number of nitrogens with zero attached hydrogens (tertiary/aromatic N) is 1. The highest BCUT2D eigenvalue weighted by molar-refractivity contribution is 5.90. The number of halogens is 3. The molecule has 0 aliphatic carbocycles. The second kappa shape index (κ2) is 3.57. The molecule has 1 N–H and O–H groups in total. The van der Waals surface area contributed by atoms with E-state index in [1.165, 1.54) is 0 Å². The van der Waals surface area contributed by atoms with Crippen molar-refractivity contribution in [3.05, 3.63) is 29.1 Å². The van der Waals surface area contributed by atoms with Gasteiger partial charge in [0.25, 0.3) is 0 Å². The number of alkyl halides is 3. The van der Waals surface area contributed by atoms with Crippen molar-refractivity contribution in [3.63, 3.8) is 0 Å². The van der Waals surface area contributed by atoms with Crippen LogP contribution >= 0.6 is 0 Å². The Kier molecular flexibility index (Phi) is 2.64. The molecule has 0 aliphatic rings. The van der Waals surface area contributed by atoms with Crippen molar-refractivity contribution in [2.24, 2.45) is 0 Å². The summed E-state index contributed by atoms with van der Waals surface area (Å²) in [6.45, 7) is 0. The first-order valence-electron chi connectivity index (χ1n) is 3.52. The SMILES string of the molecule is N=Cc1nccc(C(F)(F)F)c1C=O. The van der Waals surface area contributed by atoms with Crippen molar-refractivity contribution in [2.75, 3.05) is 0 Å². The highest BCUT2D eigenvalue weighted by Gasteiger charge is 2.34. The minimum absolute atomic E-state index is 0.0518. The molecule has 0 atom stereocenters. The van der Waals surface area contributed by atoms with Crippen molar-refractivity contribution in [1.29, 1.82) is 5.41 Å². The van der Waals surface area contributed by atoms with Gasteiger partial charge in [-0.15, -0.1) is 0 Å². The van der Waals surface area contributed by atoms with E-state index < -0.39 is 17.3 Å². The van der Waals surface area contributed by atoms with Gasteiger partial charge in [-0.1, -0.05) is 0 Å². The molecule has 0 unspecified atom stereocenters. The maximum Gasteiger partial charge on any atom is 0.417 e. The van der Waals surface area contributed by atoms with Gasteiger partial charge in [0.1, 0.15) is 0 Å². The van der Waals surface area contributed by atoms with Crippen LogP contribution in [0.5, 0.6) is 0 Å². The molecule has 0 bridgehead atoms. The molecule has 3 nitrogen and oxygen atoms in total. The fraction of sp³-hybridized carbons (Fsp3) is 0.125. The number of aromatic nitrogens is 1. The molecule has 14 heavy (non-hydrogen) atoms. The van der Waals surface area contributed by atoms with E-state index in [1.807, 2.05) is 0 Å². The molecule has 0 saturated heterocycles. The third kappa shape index (κ3) is 1.78. The lowest BCUT2D eigenvalue weighted by Crippen LogP contribution is -2.11. The second-order valence-corrected chi connectivity index (χ2v) is 2.42. The molecule has 0 fully saturated rings. The Balaban J connectivity index is 3.44. The maximum atomic E-state index is 12.3. The molecule has 1 aromatic heterocycles. The summed E-state index contributed by atoms with van der Waals surface area (Å²) in [6, 6.07) is 0.705. The standard InChI is InChI=1S/C8H5F3N2O/c9-8(10,11)6-1-2-13-7(3-12)5(6)4-14/h1-4,12H. The van der Waals surface area contributed by atoms with Crippen molar-refractivity contribution in [1.82, 2.24) is 4.98 Å². The zero-order valence-corrected chi connectivity index (χ0v) is 6.80. The Hall–Kier alpha value is -1.72. The fourth-order valence-electron chi connectivity index (χ4n) is 0.975. The van der Waals surface area contributed by atoms with Gasteiger partial charge >= 0.3 is 6.18 Å². The summed E-state index contributed by atoms with van der Waals surface area (Å²) in [5, 5.41) is 6.78. The first-order valence-corrected chi connectivity index (χ1v) is 3.52. The Labute approximate surface area is 77.1 Å². The van der Waals surface area contributed by atoms with Crippen molar-refractivity contribution < 1.29 is 18.0 Å². The van der Waals surface area contributed by atoms with Crippen LogP contribution in [0.15, 0.2) is 12.3 Å². The van der Waals surface area contributed by atoms with Gasteiger partial charge in [-0.3, -0.25) is 9.78 Å². The molecule has 0 aromatic carbocycles. The lowest BCUT2D eigenvalue weighted by atomic mass is 10.1.